The van der Waals surface area contributed by atoms with E-state index in [1.54, 1.807) is 19.1 Å². The first-order valence-corrected chi connectivity index (χ1v) is 10.4. The molecule has 3 N–H and O–H groups in total. The summed E-state index contributed by atoms with van der Waals surface area (Å²) in [5.41, 5.74) is 0.656. The number of hydrogen-bond donors (Lipinski definition) is 3. The quantitative estimate of drug-likeness (QED) is 0.227. The molecule has 0 aromatic heterocycles. The maximum absolute atomic E-state index is 12.1. The Morgan fingerprint density at radius 2 is 1.78 bits per heavy atom. The molecular formula is C21H34F3IN4O3. The smallest absolute Gasteiger partial charge is 0.387 e. The van der Waals surface area contributed by atoms with Gasteiger partial charge in [-0.3, -0.25) is 4.90 Å². The number of rotatable bonds is 10. The fourth-order valence-electron chi connectivity index (χ4n) is 3.11. The predicted molar refractivity (Wildman–Crippen MR) is 128 cm³/mol. The third-order valence-electron chi connectivity index (χ3n) is 4.63. The average Bonchev–Trinajstić information content (AvgIpc) is 2.70. The molecule has 184 valence electrons. The van der Waals surface area contributed by atoms with Crippen molar-refractivity contribution in [2.75, 3.05) is 52.5 Å². The van der Waals surface area contributed by atoms with Gasteiger partial charge in [0.05, 0.1) is 32.0 Å². The lowest BCUT2D eigenvalue weighted by Crippen LogP contribution is -2.52. The van der Waals surface area contributed by atoms with E-state index in [1.807, 2.05) is 19.1 Å². The number of alkyl halides is 3. The number of β-amino-alcohol motifs (C(OH)–C–C–N with tert-alkyl or cyclic N) is 1. The Kier molecular flexibility index (Phi) is 12.8. The Morgan fingerprint density at radius 3 is 2.38 bits per heavy atom. The van der Waals surface area contributed by atoms with Crippen LogP contribution in [-0.4, -0.2) is 80.3 Å². The van der Waals surface area contributed by atoms with E-state index in [1.165, 1.54) is 0 Å². The van der Waals surface area contributed by atoms with Crippen LogP contribution in [0.15, 0.2) is 29.3 Å². The molecule has 7 nitrogen and oxygen atoms in total. The molecule has 0 bridgehead atoms. The molecule has 32 heavy (non-hydrogen) atoms. The molecule has 2 rings (SSSR count). The van der Waals surface area contributed by atoms with Crippen LogP contribution >= 0.6 is 24.0 Å². The van der Waals surface area contributed by atoms with E-state index in [0.717, 1.165) is 18.7 Å². The maximum atomic E-state index is 12.1. The Morgan fingerprint density at radius 1 is 1.16 bits per heavy atom. The summed E-state index contributed by atoms with van der Waals surface area (Å²) in [4.78, 5) is 6.70. The highest BCUT2D eigenvalue weighted by molar-refractivity contribution is 14.0. The maximum Gasteiger partial charge on any atom is 0.411 e. The van der Waals surface area contributed by atoms with Crippen molar-refractivity contribution in [1.82, 2.24) is 15.5 Å². The average molecular weight is 574 g/mol. The molecule has 1 fully saturated rings. The van der Waals surface area contributed by atoms with Crippen molar-refractivity contribution >= 4 is 29.9 Å². The van der Waals surface area contributed by atoms with Crippen LogP contribution in [0.25, 0.3) is 0 Å². The van der Waals surface area contributed by atoms with Gasteiger partial charge in [-0.1, -0.05) is 24.3 Å². The lowest BCUT2D eigenvalue weighted by molar-refractivity contribution is -0.176. The van der Waals surface area contributed by atoms with Crippen LogP contribution in [0, 0.1) is 0 Å². The first kappa shape index (κ1) is 28.9. The summed E-state index contributed by atoms with van der Waals surface area (Å²) in [6.45, 7) is 7.32. The van der Waals surface area contributed by atoms with E-state index in [4.69, 9.17) is 4.74 Å². The normalized spacial score (nSPS) is 17.4. The predicted octanol–water partition coefficient (Wildman–Crippen LogP) is 2.52. The molecule has 1 aliphatic heterocycles. The highest BCUT2D eigenvalue weighted by Crippen LogP contribution is 2.16. The Bertz CT molecular complexity index is 682. The van der Waals surface area contributed by atoms with Crippen LogP contribution < -0.4 is 10.6 Å². The van der Waals surface area contributed by atoms with Crippen molar-refractivity contribution in [2.45, 2.75) is 38.8 Å². The van der Waals surface area contributed by atoms with Crippen molar-refractivity contribution in [3.05, 3.63) is 35.4 Å². The zero-order valence-electron chi connectivity index (χ0n) is 18.6. The fraction of sp³-hybridized carbons (Fsp3) is 0.667. The second-order valence-electron chi connectivity index (χ2n) is 7.86. The van der Waals surface area contributed by atoms with Gasteiger partial charge >= 0.3 is 6.18 Å². The molecule has 1 aromatic rings. The minimum absolute atomic E-state index is 0. The van der Waals surface area contributed by atoms with Crippen LogP contribution in [-0.2, 0) is 22.6 Å². The molecular weight excluding hydrogens is 540 g/mol. The van der Waals surface area contributed by atoms with Crippen LogP contribution in [0.2, 0.25) is 0 Å². The van der Waals surface area contributed by atoms with E-state index < -0.39 is 18.4 Å². The lowest BCUT2D eigenvalue weighted by atomic mass is 10.1. The fourth-order valence-corrected chi connectivity index (χ4v) is 3.11. The van der Waals surface area contributed by atoms with E-state index in [-0.39, 0.29) is 30.6 Å². The van der Waals surface area contributed by atoms with E-state index >= 15 is 0 Å². The van der Waals surface area contributed by atoms with Gasteiger partial charge < -0.3 is 25.2 Å². The minimum atomic E-state index is -4.32. The van der Waals surface area contributed by atoms with E-state index in [2.05, 4.69) is 25.3 Å². The topological polar surface area (TPSA) is 78.4 Å². The van der Waals surface area contributed by atoms with Crippen LogP contribution in [0.4, 0.5) is 13.2 Å². The molecule has 1 unspecified atom stereocenters. The van der Waals surface area contributed by atoms with Crippen molar-refractivity contribution < 1.29 is 27.8 Å². The summed E-state index contributed by atoms with van der Waals surface area (Å²) in [5.74, 6) is 0.585. The zero-order chi connectivity index (χ0) is 22.7. The van der Waals surface area contributed by atoms with Crippen molar-refractivity contribution in [3.63, 3.8) is 0 Å². The number of aliphatic hydroxyl groups is 1. The minimum Gasteiger partial charge on any atom is -0.387 e. The molecule has 0 saturated carbocycles. The molecule has 1 heterocycles. The molecule has 0 amide bonds. The monoisotopic (exact) mass is 574 g/mol. The molecule has 11 heteroatoms. The molecule has 1 saturated heterocycles. The zero-order valence-corrected chi connectivity index (χ0v) is 20.9. The summed E-state index contributed by atoms with van der Waals surface area (Å²) in [5, 5.41) is 17.0. The van der Waals surface area contributed by atoms with Gasteiger partial charge in [0, 0.05) is 32.7 Å². The number of nitrogens with one attached hydrogen (secondary N) is 2. The van der Waals surface area contributed by atoms with Crippen LogP contribution in [0.3, 0.4) is 0 Å². The van der Waals surface area contributed by atoms with Gasteiger partial charge in [0.2, 0.25) is 0 Å². The third-order valence-corrected chi connectivity index (χ3v) is 4.63. The number of benzene rings is 1. The van der Waals surface area contributed by atoms with Gasteiger partial charge in [0.25, 0.3) is 0 Å². The van der Waals surface area contributed by atoms with E-state index in [9.17, 15) is 18.3 Å². The summed E-state index contributed by atoms with van der Waals surface area (Å²) >= 11 is 0. The number of aliphatic imine (C=N–C) groups is 1. The summed E-state index contributed by atoms with van der Waals surface area (Å²) < 4.78 is 46.4. The second kappa shape index (κ2) is 14.2. The summed E-state index contributed by atoms with van der Waals surface area (Å²) in [7, 11) is 0. The van der Waals surface area contributed by atoms with Crippen molar-refractivity contribution in [2.24, 2.45) is 4.99 Å². The Labute approximate surface area is 204 Å². The number of halogens is 4. The number of morpholine rings is 1. The first-order valence-electron chi connectivity index (χ1n) is 10.4. The Balaban J connectivity index is 0.00000512. The number of nitrogens with zero attached hydrogens (tertiary/aromatic N) is 2. The summed E-state index contributed by atoms with van der Waals surface area (Å²) in [6, 6.07) is 7.09. The highest BCUT2D eigenvalue weighted by Gasteiger charge is 2.27. The van der Waals surface area contributed by atoms with Crippen molar-refractivity contribution in [3.8, 4) is 0 Å². The van der Waals surface area contributed by atoms with Gasteiger partial charge in [0.1, 0.15) is 6.61 Å². The number of guanidine groups is 1. The van der Waals surface area contributed by atoms with E-state index in [0.29, 0.717) is 50.9 Å². The molecule has 0 spiro atoms. The van der Waals surface area contributed by atoms with Gasteiger partial charge in [-0.25, -0.2) is 4.99 Å². The molecule has 0 radical (unpaired) electrons. The molecule has 1 atom stereocenters. The number of ether oxygens (including phenoxy) is 2. The number of hydrogen-bond acceptors (Lipinski definition) is 5. The Hall–Kier alpha value is -1.15. The second-order valence-corrected chi connectivity index (χ2v) is 7.86. The largest absolute Gasteiger partial charge is 0.411 e. The third kappa shape index (κ3) is 12.2. The molecule has 1 aromatic carbocycles. The van der Waals surface area contributed by atoms with Gasteiger partial charge in [-0.15, -0.1) is 24.0 Å². The van der Waals surface area contributed by atoms with Gasteiger partial charge in [-0.2, -0.15) is 13.2 Å². The first-order chi connectivity index (χ1) is 14.7. The highest BCUT2D eigenvalue weighted by atomic mass is 127. The van der Waals surface area contributed by atoms with Crippen LogP contribution in [0.1, 0.15) is 25.0 Å². The standard InChI is InChI=1S/C21H33F3N4O3.HI/c1-3-25-19(27-14-20(2,29)15-28-8-10-30-11-9-28)26-12-17-4-6-18(7-5-17)13-31-16-21(22,23)24;/h4-7,29H,3,8-16H2,1-2H3,(H2,25,26,27);1H. The molecule has 0 aliphatic carbocycles. The van der Waals surface area contributed by atoms with Crippen LogP contribution in [0.5, 0.6) is 0 Å². The SMILES string of the molecule is CCNC(=NCc1ccc(COCC(F)(F)F)cc1)NCC(C)(O)CN1CCOCC1.I. The van der Waals surface area contributed by atoms with Crippen molar-refractivity contribution in [1.29, 1.82) is 0 Å². The lowest BCUT2D eigenvalue weighted by Gasteiger charge is -2.34. The molecule has 1 aliphatic rings. The van der Waals surface area contributed by atoms with Gasteiger partial charge in [0.15, 0.2) is 5.96 Å². The summed E-state index contributed by atoms with van der Waals surface area (Å²) in [6.07, 6.45) is -4.32. The van der Waals surface area contributed by atoms with Gasteiger partial charge in [-0.05, 0) is 25.0 Å².